The Bertz CT molecular complexity index is 984. The summed E-state index contributed by atoms with van der Waals surface area (Å²) in [7, 11) is 0. The molecule has 156 valence electrons. The van der Waals surface area contributed by atoms with Crippen LogP contribution < -0.4 is 22.0 Å². The van der Waals surface area contributed by atoms with Gasteiger partial charge in [0, 0.05) is 18.0 Å². The van der Waals surface area contributed by atoms with Crippen molar-refractivity contribution in [3.63, 3.8) is 0 Å². The van der Waals surface area contributed by atoms with Gasteiger partial charge in [0.25, 0.3) is 0 Å². The van der Waals surface area contributed by atoms with Crippen LogP contribution in [-0.2, 0) is 16.0 Å². The number of hydrogen-bond acceptors (Lipinski definition) is 6. The maximum absolute atomic E-state index is 12.3. The lowest BCUT2D eigenvalue weighted by atomic mass is 10.0. The predicted molar refractivity (Wildman–Crippen MR) is 104 cm³/mol. The van der Waals surface area contributed by atoms with Gasteiger partial charge in [0.05, 0.1) is 12.0 Å². The average Bonchev–Trinajstić information content (AvgIpc) is 2.63. The van der Waals surface area contributed by atoms with Crippen molar-refractivity contribution in [2.75, 3.05) is 6.54 Å². The molecule has 0 saturated carbocycles. The van der Waals surface area contributed by atoms with Crippen molar-refractivity contribution < 1.29 is 29.0 Å². The number of carbonyl (C=O) groups is 3. The van der Waals surface area contributed by atoms with E-state index in [1.807, 2.05) is 0 Å². The van der Waals surface area contributed by atoms with E-state index >= 15 is 0 Å². The van der Waals surface area contributed by atoms with Gasteiger partial charge in [-0.05, 0) is 43.9 Å². The largest absolute Gasteiger partial charge is 0.508 e. The van der Waals surface area contributed by atoms with E-state index < -0.39 is 29.6 Å². The Kier molecular flexibility index (Phi) is 7.18. The highest BCUT2D eigenvalue weighted by Crippen LogP contribution is 2.23. The van der Waals surface area contributed by atoms with Gasteiger partial charge in [0.15, 0.2) is 0 Å². The first-order valence-electron chi connectivity index (χ1n) is 8.99. The molecule has 0 saturated heterocycles. The molecule has 2 aromatic rings. The van der Waals surface area contributed by atoms with Crippen molar-refractivity contribution in [1.29, 1.82) is 0 Å². The number of hydrogen-bond donors (Lipinski definition) is 5. The molecule has 2 rings (SSSR count). The third-order valence-electron chi connectivity index (χ3n) is 4.46. The number of primary amides is 1. The molecule has 1 atom stereocenters. The molecule has 0 fully saturated rings. The number of carbonyl (C=O) groups excluding carboxylic acids is 2. The molecule has 1 heterocycles. The minimum absolute atomic E-state index is 0.0547. The Hall–Kier alpha value is -3.56. The Morgan fingerprint density at radius 2 is 1.97 bits per heavy atom. The zero-order valence-corrected chi connectivity index (χ0v) is 15.9. The number of nitrogens with one attached hydrogen (secondary N) is 2. The molecule has 0 bridgehead atoms. The Labute approximate surface area is 165 Å². The Morgan fingerprint density at radius 3 is 2.62 bits per heavy atom. The number of carboxylic acid groups (broad SMARTS) is 1. The molecule has 0 aliphatic carbocycles. The number of fused-ring (bicyclic) bond motifs is 1. The van der Waals surface area contributed by atoms with Gasteiger partial charge >= 0.3 is 17.6 Å². The summed E-state index contributed by atoms with van der Waals surface area (Å²) in [4.78, 5) is 46.5. The van der Waals surface area contributed by atoms with Crippen LogP contribution in [0.15, 0.2) is 27.4 Å². The number of aliphatic carboxylic acids is 1. The topological polar surface area (TPSA) is 172 Å². The van der Waals surface area contributed by atoms with Crippen LogP contribution in [0, 0.1) is 6.92 Å². The number of phenolic OH excluding ortho intramolecular Hbond substituents is 1. The second-order valence-electron chi connectivity index (χ2n) is 6.60. The van der Waals surface area contributed by atoms with Crippen molar-refractivity contribution in [2.45, 2.75) is 38.6 Å². The third-order valence-corrected chi connectivity index (χ3v) is 4.46. The van der Waals surface area contributed by atoms with Gasteiger partial charge in [-0.3, -0.25) is 4.79 Å². The molecule has 29 heavy (non-hydrogen) atoms. The van der Waals surface area contributed by atoms with Crippen LogP contribution in [0.25, 0.3) is 11.0 Å². The summed E-state index contributed by atoms with van der Waals surface area (Å²) in [5.74, 6) is -1.87. The first kappa shape index (κ1) is 21.7. The minimum atomic E-state index is -1.20. The lowest BCUT2D eigenvalue weighted by molar-refractivity contribution is -0.142. The van der Waals surface area contributed by atoms with E-state index in [0.717, 1.165) is 0 Å². The number of benzene rings is 1. The number of carboxylic acids is 1. The zero-order chi connectivity index (χ0) is 21.6. The smallest absolute Gasteiger partial charge is 0.340 e. The van der Waals surface area contributed by atoms with E-state index in [-0.39, 0.29) is 29.7 Å². The molecule has 1 aromatic heterocycles. The van der Waals surface area contributed by atoms with E-state index in [2.05, 4.69) is 10.6 Å². The van der Waals surface area contributed by atoms with Gasteiger partial charge in [0.2, 0.25) is 5.91 Å². The molecule has 10 heteroatoms. The van der Waals surface area contributed by atoms with Crippen LogP contribution in [-0.4, -0.2) is 40.7 Å². The van der Waals surface area contributed by atoms with Crippen LogP contribution in [0.2, 0.25) is 0 Å². The first-order valence-corrected chi connectivity index (χ1v) is 8.99. The molecule has 0 spiro atoms. The predicted octanol–water partition coefficient (Wildman–Crippen LogP) is 0.758. The minimum Gasteiger partial charge on any atom is -0.508 e. The summed E-state index contributed by atoms with van der Waals surface area (Å²) in [5.41, 5.74) is 5.06. The normalized spacial score (nSPS) is 11.8. The molecule has 10 nitrogen and oxygen atoms in total. The molecular formula is C19H23N3O7. The molecule has 0 aliphatic rings. The van der Waals surface area contributed by atoms with Crippen LogP contribution in [0.4, 0.5) is 4.79 Å². The van der Waals surface area contributed by atoms with Crippen LogP contribution in [0.1, 0.15) is 30.4 Å². The van der Waals surface area contributed by atoms with Gasteiger partial charge in [0.1, 0.15) is 17.4 Å². The van der Waals surface area contributed by atoms with Crippen molar-refractivity contribution >= 4 is 28.9 Å². The maximum atomic E-state index is 12.3. The van der Waals surface area contributed by atoms with Crippen molar-refractivity contribution in [3.8, 4) is 5.75 Å². The fraction of sp³-hybridized carbons (Fsp3) is 0.368. The SMILES string of the molecule is Cc1c(CC(=O)N[C@H](CCCCNC(N)=O)C(=O)O)c(=O)oc2cc(O)ccc12. The molecule has 1 aromatic carbocycles. The summed E-state index contributed by atoms with van der Waals surface area (Å²) in [6.45, 7) is 1.96. The average molecular weight is 405 g/mol. The third kappa shape index (κ3) is 5.96. The van der Waals surface area contributed by atoms with E-state index in [1.54, 1.807) is 13.0 Å². The number of unbranched alkanes of at least 4 members (excludes halogenated alkanes) is 1. The number of aryl methyl sites for hydroxylation is 1. The van der Waals surface area contributed by atoms with Crippen molar-refractivity contribution in [2.24, 2.45) is 5.73 Å². The standard InChI is InChI=1S/C19H23N3O7/c1-10-12-6-5-11(23)8-15(12)29-18(27)13(10)9-16(24)22-14(17(25)26)4-2-3-7-21-19(20)28/h5-6,8,14,23H,2-4,7,9H2,1H3,(H,22,24)(H,25,26)(H3,20,21,28)/t14-/m1/s1. The van der Waals surface area contributed by atoms with E-state index in [1.165, 1.54) is 12.1 Å². The van der Waals surface area contributed by atoms with Crippen LogP contribution >= 0.6 is 0 Å². The number of rotatable bonds is 9. The Balaban J connectivity index is 2.04. The Morgan fingerprint density at radius 1 is 1.24 bits per heavy atom. The maximum Gasteiger partial charge on any atom is 0.340 e. The van der Waals surface area contributed by atoms with Gasteiger partial charge in [-0.25, -0.2) is 14.4 Å². The van der Waals surface area contributed by atoms with Crippen molar-refractivity contribution in [1.82, 2.24) is 10.6 Å². The van der Waals surface area contributed by atoms with Crippen LogP contribution in [0.3, 0.4) is 0 Å². The summed E-state index contributed by atoms with van der Waals surface area (Å²) < 4.78 is 5.16. The second kappa shape index (κ2) is 9.58. The van der Waals surface area contributed by atoms with Gasteiger partial charge < -0.3 is 31.0 Å². The van der Waals surface area contributed by atoms with E-state index in [0.29, 0.717) is 30.3 Å². The van der Waals surface area contributed by atoms with E-state index in [9.17, 15) is 29.4 Å². The molecular weight excluding hydrogens is 382 g/mol. The number of amides is 3. The summed E-state index contributed by atoms with van der Waals surface area (Å²) >= 11 is 0. The van der Waals surface area contributed by atoms with Crippen molar-refractivity contribution in [3.05, 3.63) is 39.7 Å². The van der Waals surface area contributed by atoms with Crippen LogP contribution in [0.5, 0.6) is 5.75 Å². The van der Waals surface area contributed by atoms with Gasteiger partial charge in [-0.2, -0.15) is 0 Å². The first-order chi connectivity index (χ1) is 13.7. The fourth-order valence-corrected chi connectivity index (χ4v) is 2.94. The molecule has 0 aliphatic heterocycles. The summed E-state index contributed by atoms with van der Waals surface area (Å²) in [6.07, 6.45) is 0.769. The quantitative estimate of drug-likeness (QED) is 0.302. The lowest BCUT2D eigenvalue weighted by Gasteiger charge is -2.15. The molecule has 6 N–H and O–H groups in total. The number of phenols is 1. The second-order valence-corrected chi connectivity index (χ2v) is 6.60. The lowest BCUT2D eigenvalue weighted by Crippen LogP contribution is -2.42. The monoisotopic (exact) mass is 405 g/mol. The number of aromatic hydroxyl groups is 1. The summed E-state index contributed by atoms with van der Waals surface area (Å²) in [5, 5.41) is 24.2. The number of nitrogens with two attached hydrogens (primary N) is 1. The zero-order valence-electron chi connectivity index (χ0n) is 15.9. The van der Waals surface area contributed by atoms with Gasteiger partial charge in [-0.15, -0.1) is 0 Å². The highest BCUT2D eigenvalue weighted by Gasteiger charge is 2.21. The highest BCUT2D eigenvalue weighted by molar-refractivity contribution is 5.87. The molecule has 3 amide bonds. The van der Waals surface area contributed by atoms with Gasteiger partial charge in [-0.1, -0.05) is 0 Å². The fourth-order valence-electron chi connectivity index (χ4n) is 2.94. The molecule has 0 radical (unpaired) electrons. The highest BCUT2D eigenvalue weighted by atomic mass is 16.4. The summed E-state index contributed by atoms with van der Waals surface area (Å²) in [6, 6.07) is 2.53. The number of urea groups is 1. The van der Waals surface area contributed by atoms with E-state index in [4.69, 9.17) is 10.2 Å². The molecule has 0 unspecified atom stereocenters.